The second kappa shape index (κ2) is 6.85. The number of aliphatic carboxylic acids is 1. The first kappa shape index (κ1) is 16.1. The summed E-state index contributed by atoms with van der Waals surface area (Å²) < 4.78 is 0. The van der Waals surface area contributed by atoms with E-state index in [4.69, 9.17) is 0 Å². The van der Waals surface area contributed by atoms with Crippen LogP contribution in [0, 0.1) is 5.92 Å². The number of hydrogen-bond acceptors (Lipinski definition) is 3. The van der Waals surface area contributed by atoms with Gasteiger partial charge in [-0.3, -0.25) is 14.6 Å². The van der Waals surface area contributed by atoms with Crippen molar-refractivity contribution in [1.29, 1.82) is 0 Å². The van der Waals surface area contributed by atoms with E-state index in [0.29, 0.717) is 12.1 Å². The molecule has 0 saturated carbocycles. The van der Waals surface area contributed by atoms with Crippen molar-refractivity contribution in [3.8, 4) is 0 Å². The molecule has 4 rings (SSSR count). The number of likely N-dealkylation sites (tertiary alicyclic amines) is 2. The largest absolute Gasteiger partial charge is 0.481 e. The van der Waals surface area contributed by atoms with Gasteiger partial charge in [-0.1, -0.05) is 24.3 Å². The Labute approximate surface area is 144 Å². The monoisotopic (exact) mass is 328 g/mol. The molecule has 1 N–H and O–H groups in total. The standard InChI is InChI=1S/C20H28N2O2/c23-20(24)17-6-3-9-22(14-17)18-7-10-21(11-8-18)19-12-15-4-1-2-5-16(15)13-19/h1-2,4-5,17-19H,3,6-14H2,(H,23,24)/t17-/m0/s1. The normalized spacial score (nSPS) is 27.2. The summed E-state index contributed by atoms with van der Waals surface area (Å²) in [6.45, 7) is 4.17. The van der Waals surface area contributed by atoms with Gasteiger partial charge in [0.25, 0.3) is 0 Å². The van der Waals surface area contributed by atoms with E-state index in [-0.39, 0.29) is 5.92 Å². The molecule has 1 atom stereocenters. The average Bonchev–Trinajstić information content (AvgIpc) is 3.06. The van der Waals surface area contributed by atoms with Gasteiger partial charge in [0.15, 0.2) is 0 Å². The minimum atomic E-state index is -0.610. The summed E-state index contributed by atoms with van der Waals surface area (Å²) in [7, 11) is 0. The van der Waals surface area contributed by atoms with Gasteiger partial charge in [0.1, 0.15) is 0 Å². The van der Waals surface area contributed by atoms with Crippen LogP contribution in [0.25, 0.3) is 0 Å². The van der Waals surface area contributed by atoms with Crippen molar-refractivity contribution in [2.75, 3.05) is 26.2 Å². The predicted octanol–water partition coefficient (Wildman–Crippen LogP) is 2.41. The van der Waals surface area contributed by atoms with Gasteiger partial charge < -0.3 is 5.11 Å². The van der Waals surface area contributed by atoms with Crippen LogP contribution >= 0.6 is 0 Å². The van der Waals surface area contributed by atoms with Gasteiger partial charge in [0.2, 0.25) is 0 Å². The van der Waals surface area contributed by atoms with E-state index in [1.807, 2.05) is 0 Å². The van der Waals surface area contributed by atoms with Crippen molar-refractivity contribution >= 4 is 5.97 Å². The maximum absolute atomic E-state index is 11.3. The Morgan fingerprint density at radius 3 is 2.21 bits per heavy atom. The zero-order chi connectivity index (χ0) is 16.5. The summed E-state index contributed by atoms with van der Waals surface area (Å²) in [5.41, 5.74) is 3.06. The summed E-state index contributed by atoms with van der Waals surface area (Å²) in [6.07, 6.45) is 6.68. The van der Waals surface area contributed by atoms with E-state index in [1.165, 1.54) is 36.8 Å². The third-order valence-electron chi connectivity index (χ3n) is 6.36. The average molecular weight is 328 g/mol. The minimum Gasteiger partial charge on any atom is -0.481 e. The Kier molecular flexibility index (Phi) is 4.59. The highest BCUT2D eigenvalue weighted by Gasteiger charge is 2.34. The van der Waals surface area contributed by atoms with Crippen LogP contribution < -0.4 is 0 Å². The fourth-order valence-corrected chi connectivity index (χ4v) is 4.95. The third-order valence-corrected chi connectivity index (χ3v) is 6.36. The zero-order valence-corrected chi connectivity index (χ0v) is 14.4. The fraction of sp³-hybridized carbons (Fsp3) is 0.650. The molecule has 0 amide bonds. The van der Waals surface area contributed by atoms with Gasteiger partial charge in [-0.2, -0.15) is 0 Å². The zero-order valence-electron chi connectivity index (χ0n) is 14.4. The number of benzene rings is 1. The molecule has 2 saturated heterocycles. The fourth-order valence-electron chi connectivity index (χ4n) is 4.95. The smallest absolute Gasteiger partial charge is 0.307 e. The number of carbonyl (C=O) groups is 1. The van der Waals surface area contributed by atoms with Crippen LogP contribution in [0.15, 0.2) is 24.3 Å². The van der Waals surface area contributed by atoms with Gasteiger partial charge in [-0.25, -0.2) is 0 Å². The van der Waals surface area contributed by atoms with Crippen LogP contribution in [0.4, 0.5) is 0 Å². The lowest BCUT2D eigenvalue weighted by Gasteiger charge is -2.43. The molecule has 2 fully saturated rings. The van der Waals surface area contributed by atoms with Crippen LogP contribution in [-0.4, -0.2) is 59.1 Å². The van der Waals surface area contributed by atoms with Gasteiger partial charge in [-0.15, -0.1) is 0 Å². The number of rotatable bonds is 3. The molecule has 2 heterocycles. The molecule has 0 unspecified atom stereocenters. The summed E-state index contributed by atoms with van der Waals surface area (Å²) in [5.74, 6) is -0.762. The molecule has 0 bridgehead atoms. The molecule has 0 aromatic heterocycles. The van der Waals surface area contributed by atoms with E-state index in [1.54, 1.807) is 0 Å². The Bertz CT molecular complexity index is 570. The van der Waals surface area contributed by atoms with Gasteiger partial charge in [-0.05, 0) is 69.3 Å². The second-order valence-corrected chi connectivity index (χ2v) is 7.77. The molecule has 1 aromatic rings. The van der Waals surface area contributed by atoms with Gasteiger partial charge in [0.05, 0.1) is 5.92 Å². The van der Waals surface area contributed by atoms with Crippen molar-refractivity contribution in [3.63, 3.8) is 0 Å². The molecule has 4 nitrogen and oxygen atoms in total. The lowest BCUT2D eigenvalue weighted by atomic mass is 9.93. The molecular weight excluding hydrogens is 300 g/mol. The number of carboxylic acid groups (broad SMARTS) is 1. The highest BCUT2D eigenvalue weighted by atomic mass is 16.4. The Morgan fingerprint density at radius 1 is 0.917 bits per heavy atom. The number of fused-ring (bicyclic) bond motifs is 1. The van der Waals surface area contributed by atoms with Crippen LogP contribution in [0.1, 0.15) is 36.8 Å². The highest BCUT2D eigenvalue weighted by molar-refractivity contribution is 5.70. The molecule has 24 heavy (non-hydrogen) atoms. The quantitative estimate of drug-likeness (QED) is 0.925. The van der Waals surface area contributed by atoms with Crippen molar-refractivity contribution in [3.05, 3.63) is 35.4 Å². The van der Waals surface area contributed by atoms with Crippen LogP contribution in [0.2, 0.25) is 0 Å². The van der Waals surface area contributed by atoms with Crippen LogP contribution in [0.3, 0.4) is 0 Å². The van der Waals surface area contributed by atoms with Crippen LogP contribution in [-0.2, 0) is 17.6 Å². The molecule has 2 aliphatic heterocycles. The molecule has 4 heteroatoms. The topological polar surface area (TPSA) is 43.8 Å². The first-order chi connectivity index (χ1) is 11.7. The minimum absolute atomic E-state index is 0.152. The number of hydrogen-bond donors (Lipinski definition) is 1. The van der Waals surface area contributed by atoms with E-state index in [9.17, 15) is 9.90 Å². The summed E-state index contributed by atoms with van der Waals surface area (Å²) in [5, 5.41) is 9.29. The van der Waals surface area contributed by atoms with Crippen molar-refractivity contribution in [1.82, 2.24) is 9.80 Å². The molecule has 130 valence electrons. The van der Waals surface area contributed by atoms with Crippen molar-refractivity contribution < 1.29 is 9.90 Å². The summed E-state index contributed by atoms with van der Waals surface area (Å²) in [6, 6.07) is 10.1. The van der Waals surface area contributed by atoms with E-state index >= 15 is 0 Å². The number of carboxylic acids is 1. The lowest BCUT2D eigenvalue weighted by Crippen LogP contribution is -2.51. The Hall–Kier alpha value is -1.39. The van der Waals surface area contributed by atoms with Crippen molar-refractivity contribution in [2.45, 2.75) is 50.6 Å². The van der Waals surface area contributed by atoms with Gasteiger partial charge >= 0.3 is 5.97 Å². The van der Waals surface area contributed by atoms with Gasteiger partial charge in [0, 0.05) is 18.6 Å². The lowest BCUT2D eigenvalue weighted by molar-refractivity contribution is -0.144. The van der Waals surface area contributed by atoms with E-state index in [0.717, 1.165) is 39.0 Å². The molecule has 0 radical (unpaired) electrons. The Morgan fingerprint density at radius 2 is 1.58 bits per heavy atom. The molecule has 0 spiro atoms. The first-order valence-electron chi connectivity index (χ1n) is 9.48. The van der Waals surface area contributed by atoms with E-state index < -0.39 is 5.97 Å². The maximum Gasteiger partial charge on any atom is 0.307 e. The predicted molar refractivity (Wildman–Crippen MR) is 94.2 cm³/mol. The molecule has 1 aromatic carbocycles. The first-order valence-corrected chi connectivity index (χ1v) is 9.48. The number of nitrogens with zero attached hydrogens (tertiary/aromatic N) is 2. The maximum atomic E-state index is 11.3. The molecular formula is C20H28N2O2. The van der Waals surface area contributed by atoms with E-state index in [2.05, 4.69) is 34.1 Å². The van der Waals surface area contributed by atoms with Crippen LogP contribution in [0.5, 0.6) is 0 Å². The number of piperidine rings is 2. The second-order valence-electron chi connectivity index (χ2n) is 7.77. The van der Waals surface area contributed by atoms with Crippen molar-refractivity contribution in [2.24, 2.45) is 5.92 Å². The highest BCUT2D eigenvalue weighted by Crippen LogP contribution is 2.29. The summed E-state index contributed by atoms with van der Waals surface area (Å²) >= 11 is 0. The molecule has 1 aliphatic carbocycles. The Balaban J connectivity index is 1.30. The summed E-state index contributed by atoms with van der Waals surface area (Å²) in [4.78, 5) is 16.4. The third kappa shape index (κ3) is 3.22. The SMILES string of the molecule is O=C(O)[C@H]1CCCN(C2CCN(C3Cc4ccccc4C3)CC2)C1. The molecule has 3 aliphatic rings.